The number of benzene rings is 1. The number of non-ortho nitro benzene ring substituents is 1. The van der Waals surface area contributed by atoms with Crippen LogP contribution in [0.2, 0.25) is 0 Å². The van der Waals surface area contributed by atoms with Crippen LogP contribution in [0.25, 0.3) is 11.0 Å². The second kappa shape index (κ2) is 6.37. The standard InChI is InChI=1S/C16H13N3O5/c1-22-14-9-12-15(18-16(14)23-2)13(7-8-17-12)24-11-5-3-10(4-6-11)19(20)21/h3-9H,1-2H3. The van der Waals surface area contributed by atoms with Crippen molar-refractivity contribution in [2.45, 2.75) is 0 Å². The zero-order chi connectivity index (χ0) is 17.1. The van der Waals surface area contributed by atoms with Gasteiger partial charge in [0.2, 0.25) is 0 Å². The highest BCUT2D eigenvalue weighted by Gasteiger charge is 2.13. The zero-order valence-corrected chi connectivity index (χ0v) is 12.9. The number of nitrogens with zero attached hydrogens (tertiary/aromatic N) is 3. The molecule has 24 heavy (non-hydrogen) atoms. The summed E-state index contributed by atoms with van der Waals surface area (Å²) in [4.78, 5) is 18.8. The van der Waals surface area contributed by atoms with E-state index < -0.39 is 4.92 Å². The summed E-state index contributed by atoms with van der Waals surface area (Å²) in [6.07, 6.45) is 1.58. The van der Waals surface area contributed by atoms with Gasteiger partial charge in [0.05, 0.1) is 24.7 Å². The van der Waals surface area contributed by atoms with Crippen LogP contribution in [0.15, 0.2) is 42.6 Å². The second-order valence-electron chi connectivity index (χ2n) is 4.73. The van der Waals surface area contributed by atoms with Crippen LogP contribution in [-0.4, -0.2) is 29.1 Å². The molecule has 1 aromatic carbocycles. The van der Waals surface area contributed by atoms with Crippen molar-refractivity contribution in [3.8, 4) is 23.1 Å². The molecule has 0 aliphatic rings. The van der Waals surface area contributed by atoms with E-state index in [1.54, 1.807) is 18.3 Å². The van der Waals surface area contributed by atoms with Gasteiger partial charge in [-0.1, -0.05) is 0 Å². The molecule has 2 aromatic heterocycles. The number of nitro benzene ring substituents is 1. The number of hydrogen-bond donors (Lipinski definition) is 0. The van der Waals surface area contributed by atoms with Crippen LogP contribution in [0.5, 0.6) is 23.1 Å². The van der Waals surface area contributed by atoms with Crippen LogP contribution in [0.4, 0.5) is 5.69 Å². The van der Waals surface area contributed by atoms with Gasteiger partial charge in [0.15, 0.2) is 11.5 Å². The number of rotatable bonds is 5. The van der Waals surface area contributed by atoms with E-state index in [-0.39, 0.29) is 5.69 Å². The predicted octanol–water partition coefficient (Wildman–Crippen LogP) is 3.35. The van der Waals surface area contributed by atoms with Crippen LogP contribution >= 0.6 is 0 Å². The molecule has 0 atom stereocenters. The Labute approximate surface area is 136 Å². The number of fused-ring (bicyclic) bond motifs is 1. The Morgan fingerprint density at radius 1 is 1.04 bits per heavy atom. The molecule has 0 radical (unpaired) electrons. The maximum absolute atomic E-state index is 10.7. The van der Waals surface area contributed by atoms with E-state index in [1.807, 2.05) is 0 Å². The van der Waals surface area contributed by atoms with Crippen LogP contribution < -0.4 is 14.2 Å². The van der Waals surface area contributed by atoms with E-state index >= 15 is 0 Å². The first kappa shape index (κ1) is 15.5. The zero-order valence-electron chi connectivity index (χ0n) is 12.9. The Hall–Kier alpha value is -3.42. The van der Waals surface area contributed by atoms with Crippen molar-refractivity contribution in [2.75, 3.05) is 14.2 Å². The third-order valence-electron chi connectivity index (χ3n) is 3.30. The molecule has 0 spiro atoms. The average Bonchev–Trinajstić information content (AvgIpc) is 2.61. The van der Waals surface area contributed by atoms with E-state index in [9.17, 15) is 10.1 Å². The van der Waals surface area contributed by atoms with Crippen molar-refractivity contribution in [3.05, 3.63) is 52.7 Å². The van der Waals surface area contributed by atoms with E-state index in [1.165, 1.54) is 38.5 Å². The van der Waals surface area contributed by atoms with Gasteiger partial charge >= 0.3 is 0 Å². The SMILES string of the molecule is COc1cc2nccc(Oc3ccc([N+](=O)[O-])cc3)c2nc1OC. The van der Waals surface area contributed by atoms with Gasteiger partial charge < -0.3 is 14.2 Å². The summed E-state index contributed by atoms with van der Waals surface area (Å²) in [5.41, 5.74) is 1.06. The van der Waals surface area contributed by atoms with Crippen LogP contribution in [0.3, 0.4) is 0 Å². The molecular weight excluding hydrogens is 314 g/mol. The Kier molecular flexibility index (Phi) is 4.11. The number of methoxy groups -OCH3 is 2. The van der Waals surface area contributed by atoms with Gasteiger partial charge in [0.25, 0.3) is 11.6 Å². The normalized spacial score (nSPS) is 10.4. The highest BCUT2D eigenvalue weighted by molar-refractivity contribution is 5.83. The molecule has 122 valence electrons. The Morgan fingerprint density at radius 3 is 2.42 bits per heavy atom. The highest BCUT2D eigenvalue weighted by atomic mass is 16.6. The summed E-state index contributed by atoms with van der Waals surface area (Å²) in [7, 11) is 3.01. The van der Waals surface area contributed by atoms with Gasteiger partial charge in [0, 0.05) is 30.5 Å². The molecule has 0 saturated carbocycles. The summed E-state index contributed by atoms with van der Waals surface area (Å²) in [5, 5.41) is 10.7. The van der Waals surface area contributed by atoms with Gasteiger partial charge in [-0.15, -0.1) is 0 Å². The lowest BCUT2D eigenvalue weighted by atomic mass is 10.2. The van der Waals surface area contributed by atoms with Crippen LogP contribution in [-0.2, 0) is 0 Å². The largest absolute Gasteiger partial charge is 0.491 e. The van der Waals surface area contributed by atoms with Crippen LogP contribution in [0.1, 0.15) is 0 Å². The fraction of sp³-hybridized carbons (Fsp3) is 0.125. The molecule has 0 bridgehead atoms. The Bertz CT molecular complexity index is 896. The molecule has 3 aromatic rings. The van der Waals surface area contributed by atoms with Crippen molar-refractivity contribution < 1.29 is 19.1 Å². The van der Waals surface area contributed by atoms with E-state index in [0.29, 0.717) is 34.2 Å². The van der Waals surface area contributed by atoms with Gasteiger partial charge in [-0.25, -0.2) is 4.98 Å². The van der Waals surface area contributed by atoms with Crippen molar-refractivity contribution in [1.29, 1.82) is 0 Å². The lowest BCUT2D eigenvalue weighted by Crippen LogP contribution is -1.96. The first-order valence-corrected chi connectivity index (χ1v) is 6.92. The minimum absolute atomic E-state index is 0.00790. The third-order valence-corrected chi connectivity index (χ3v) is 3.30. The van der Waals surface area contributed by atoms with Gasteiger partial charge in [-0.3, -0.25) is 15.1 Å². The summed E-state index contributed by atoms with van der Waals surface area (Å²) in [6.45, 7) is 0. The average molecular weight is 327 g/mol. The molecule has 8 nitrogen and oxygen atoms in total. The molecule has 0 aliphatic carbocycles. The van der Waals surface area contributed by atoms with Crippen molar-refractivity contribution in [2.24, 2.45) is 0 Å². The monoisotopic (exact) mass is 327 g/mol. The predicted molar refractivity (Wildman–Crippen MR) is 85.8 cm³/mol. The van der Waals surface area contributed by atoms with Gasteiger partial charge in [-0.05, 0) is 12.1 Å². The molecule has 2 heterocycles. The molecular formula is C16H13N3O5. The van der Waals surface area contributed by atoms with E-state index in [0.717, 1.165) is 0 Å². The molecule has 0 saturated heterocycles. The number of pyridine rings is 2. The number of nitro groups is 1. The first-order valence-electron chi connectivity index (χ1n) is 6.92. The lowest BCUT2D eigenvalue weighted by Gasteiger charge is -2.11. The summed E-state index contributed by atoms with van der Waals surface area (Å²) < 4.78 is 16.2. The minimum Gasteiger partial charge on any atom is -0.491 e. The fourth-order valence-corrected chi connectivity index (χ4v) is 2.15. The molecule has 0 aliphatic heterocycles. The molecule has 8 heteroatoms. The molecule has 0 N–H and O–H groups in total. The minimum atomic E-state index is -0.468. The maximum atomic E-state index is 10.7. The Morgan fingerprint density at radius 2 is 1.79 bits per heavy atom. The fourth-order valence-electron chi connectivity index (χ4n) is 2.15. The first-order chi connectivity index (χ1) is 11.6. The molecule has 3 rings (SSSR count). The number of hydrogen-bond acceptors (Lipinski definition) is 7. The lowest BCUT2D eigenvalue weighted by molar-refractivity contribution is -0.384. The quantitative estimate of drug-likeness (QED) is 0.523. The van der Waals surface area contributed by atoms with Gasteiger partial charge in [0.1, 0.15) is 11.3 Å². The smallest absolute Gasteiger partial charge is 0.269 e. The molecule has 0 unspecified atom stereocenters. The maximum Gasteiger partial charge on any atom is 0.269 e. The van der Waals surface area contributed by atoms with Crippen LogP contribution in [0, 0.1) is 10.1 Å². The topological polar surface area (TPSA) is 96.6 Å². The summed E-state index contributed by atoms with van der Waals surface area (Å²) in [5.74, 6) is 1.68. The van der Waals surface area contributed by atoms with Crippen molar-refractivity contribution >= 4 is 16.7 Å². The highest BCUT2D eigenvalue weighted by Crippen LogP contribution is 2.34. The van der Waals surface area contributed by atoms with Crippen molar-refractivity contribution in [1.82, 2.24) is 9.97 Å². The van der Waals surface area contributed by atoms with E-state index in [4.69, 9.17) is 14.2 Å². The van der Waals surface area contributed by atoms with E-state index in [2.05, 4.69) is 9.97 Å². The van der Waals surface area contributed by atoms with Crippen molar-refractivity contribution in [3.63, 3.8) is 0 Å². The molecule has 0 fully saturated rings. The number of aromatic nitrogens is 2. The third kappa shape index (κ3) is 2.89. The summed E-state index contributed by atoms with van der Waals surface area (Å²) in [6, 6.07) is 9.13. The summed E-state index contributed by atoms with van der Waals surface area (Å²) >= 11 is 0. The second-order valence-corrected chi connectivity index (χ2v) is 4.73. The Balaban J connectivity index is 2.01. The number of ether oxygens (including phenoxy) is 3. The molecule has 0 amide bonds. The van der Waals surface area contributed by atoms with Gasteiger partial charge in [-0.2, -0.15) is 0 Å².